The summed E-state index contributed by atoms with van der Waals surface area (Å²) in [5.74, 6) is 0. The van der Waals surface area contributed by atoms with Crippen LogP contribution in [0.1, 0.15) is 18.5 Å². The number of nitrogens with two attached hydrogens (primary N) is 1. The lowest BCUT2D eigenvalue weighted by Gasteiger charge is -2.13. The largest absolute Gasteiger partial charge is 0.352 e. The van der Waals surface area contributed by atoms with Gasteiger partial charge in [0.1, 0.15) is 0 Å². The molecule has 0 bridgehead atoms. The van der Waals surface area contributed by atoms with E-state index in [0.717, 1.165) is 5.56 Å². The first-order valence-electron chi connectivity index (χ1n) is 4.01. The fraction of sp³-hybridized carbons (Fsp3) is 0.222. The molecule has 2 amide bonds. The van der Waals surface area contributed by atoms with E-state index in [4.69, 9.17) is 28.9 Å². The van der Waals surface area contributed by atoms with Gasteiger partial charge in [-0.05, 0) is 24.6 Å². The maximum atomic E-state index is 10.6. The Morgan fingerprint density at radius 3 is 2.64 bits per heavy atom. The van der Waals surface area contributed by atoms with Crippen molar-refractivity contribution < 1.29 is 4.79 Å². The Labute approximate surface area is 92.2 Å². The number of carbonyl (C=O) groups is 1. The Hall–Kier alpha value is -0.930. The second-order valence-corrected chi connectivity index (χ2v) is 3.74. The number of hydrogen-bond donors (Lipinski definition) is 2. The predicted molar refractivity (Wildman–Crippen MR) is 57.6 cm³/mol. The first-order chi connectivity index (χ1) is 6.50. The molecule has 1 aromatic rings. The molecule has 0 aliphatic heterocycles. The quantitative estimate of drug-likeness (QED) is 0.810. The molecule has 0 radical (unpaired) electrons. The van der Waals surface area contributed by atoms with Gasteiger partial charge in [0, 0.05) is 10.0 Å². The first-order valence-corrected chi connectivity index (χ1v) is 4.77. The monoisotopic (exact) mass is 232 g/mol. The number of halogens is 2. The van der Waals surface area contributed by atoms with Gasteiger partial charge >= 0.3 is 6.03 Å². The Bertz CT molecular complexity index is 355. The topological polar surface area (TPSA) is 55.1 Å². The van der Waals surface area contributed by atoms with E-state index in [-0.39, 0.29) is 6.04 Å². The molecule has 14 heavy (non-hydrogen) atoms. The number of urea groups is 1. The van der Waals surface area contributed by atoms with E-state index in [1.165, 1.54) is 0 Å². The van der Waals surface area contributed by atoms with Crippen LogP contribution in [0.3, 0.4) is 0 Å². The van der Waals surface area contributed by atoms with Crippen LogP contribution in [0.5, 0.6) is 0 Å². The van der Waals surface area contributed by atoms with E-state index in [9.17, 15) is 4.79 Å². The fourth-order valence-electron chi connectivity index (χ4n) is 1.14. The zero-order valence-corrected chi connectivity index (χ0v) is 9.06. The lowest BCUT2D eigenvalue weighted by molar-refractivity contribution is 0.246. The van der Waals surface area contributed by atoms with E-state index in [2.05, 4.69) is 5.32 Å². The van der Waals surface area contributed by atoms with Gasteiger partial charge in [0.25, 0.3) is 0 Å². The highest BCUT2D eigenvalue weighted by atomic mass is 35.5. The van der Waals surface area contributed by atoms with E-state index in [0.29, 0.717) is 10.0 Å². The van der Waals surface area contributed by atoms with Crippen molar-refractivity contribution in [1.29, 1.82) is 0 Å². The van der Waals surface area contributed by atoms with Crippen LogP contribution in [0.15, 0.2) is 18.2 Å². The molecular formula is C9H10Cl2N2O. The van der Waals surface area contributed by atoms with Gasteiger partial charge in [-0.15, -0.1) is 0 Å². The van der Waals surface area contributed by atoms with Gasteiger partial charge in [-0.2, -0.15) is 0 Å². The van der Waals surface area contributed by atoms with Gasteiger partial charge in [-0.3, -0.25) is 0 Å². The van der Waals surface area contributed by atoms with Crippen LogP contribution >= 0.6 is 23.2 Å². The smallest absolute Gasteiger partial charge is 0.312 e. The second kappa shape index (κ2) is 4.53. The SMILES string of the molecule is C[C@@H](NC(N)=O)c1ccc(Cl)cc1Cl. The van der Waals surface area contributed by atoms with Crippen LogP contribution in [0.4, 0.5) is 4.79 Å². The molecule has 0 spiro atoms. The standard InChI is InChI=1S/C9H10Cl2N2O/c1-5(13-9(12)14)7-3-2-6(10)4-8(7)11/h2-5H,1H3,(H3,12,13,14)/t5-/m1/s1. The van der Waals surface area contributed by atoms with Gasteiger partial charge in [0.2, 0.25) is 0 Å². The average molecular weight is 233 g/mol. The predicted octanol–water partition coefficient (Wildman–Crippen LogP) is 2.72. The molecule has 0 unspecified atom stereocenters. The van der Waals surface area contributed by atoms with Crippen LogP contribution in [0, 0.1) is 0 Å². The van der Waals surface area contributed by atoms with Crippen molar-refractivity contribution in [2.75, 3.05) is 0 Å². The molecule has 1 rings (SSSR count). The summed E-state index contributed by atoms with van der Waals surface area (Å²) in [7, 11) is 0. The molecule has 3 N–H and O–H groups in total. The minimum absolute atomic E-state index is 0.225. The van der Waals surface area contributed by atoms with Crippen molar-refractivity contribution in [2.45, 2.75) is 13.0 Å². The van der Waals surface area contributed by atoms with E-state index >= 15 is 0 Å². The molecule has 0 saturated carbocycles. The Kier molecular flexibility index (Phi) is 3.61. The summed E-state index contributed by atoms with van der Waals surface area (Å²) in [6.07, 6.45) is 0. The molecule has 3 nitrogen and oxygen atoms in total. The molecule has 0 aliphatic rings. The summed E-state index contributed by atoms with van der Waals surface area (Å²) in [5.41, 5.74) is 5.78. The highest BCUT2D eigenvalue weighted by molar-refractivity contribution is 6.35. The summed E-state index contributed by atoms with van der Waals surface area (Å²) >= 11 is 11.7. The van der Waals surface area contributed by atoms with Crippen molar-refractivity contribution in [3.63, 3.8) is 0 Å². The highest BCUT2D eigenvalue weighted by Crippen LogP contribution is 2.25. The van der Waals surface area contributed by atoms with Crippen LogP contribution in [-0.4, -0.2) is 6.03 Å². The van der Waals surface area contributed by atoms with Gasteiger partial charge < -0.3 is 11.1 Å². The average Bonchev–Trinajstić information content (AvgIpc) is 2.01. The molecule has 0 aliphatic carbocycles. The minimum Gasteiger partial charge on any atom is -0.352 e. The number of rotatable bonds is 2. The van der Waals surface area contributed by atoms with E-state index in [1.807, 2.05) is 0 Å². The molecular weight excluding hydrogens is 223 g/mol. The van der Waals surface area contributed by atoms with Crippen LogP contribution in [0.2, 0.25) is 10.0 Å². The Morgan fingerprint density at radius 2 is 2.14 bits per heavy atom. The van der Waals surface area contributed by atoms with Gasteiger partial charge in [-0.1, -0.05) is 29.3 Å². The molecule has 1 atom stereocenters. The lowest BCUT2D eigenvalue weighted by atomic mass is 10.1. The third-order valence-corrected chi connectivity index (χ3v) is 2.35. The molecule has 5 heteroatoms. The normalized spacial score (nSPS) is 12.2. The number of hydrogen-bond acceptors (Lipinski definition) is 1. The second-order valence-electron chi connectivity index (χ2n) is 2.90. The summed E-state index contributed by atoms with van der Waals surface area (Å²) in [4.78, 5) is 10.6. The summed E-state index contributed by atoms with van der Waals surface area (Å²) < 4.78 is 0. The third kappa shape index (κ3) is 2.79. The lowest BCUT2D eigenvalue weighted by Crippen LogP contribution is -2.31. The molecule has 0 fully saturated rings. The van der Waals surface area contributed by atoms with Crippen molar-refractivity contribution in [1.82, 2.24) is 5.32 Å². The van der Waals surface area contributed by atoms with E-state index < -0.39 is 6.03 Å². The van der Waals surface area contributed by atoms with Crippen molar-refractivity contribution in [2.24, 2.45) is 5.73 Å². The summed E-state index contributed by atoms with van der Waals surface area (Å²) in [6, 6.07) is 4.28. The van der Waals surface area contributed by atoms with Crippen LogP contribution < -0.4 is 11.1 Å². The minimum atomic E-state index is -0.580. The van der Waals surface area contributed by atoms with E-state index in [1.54, 1.807) is 25.1 Å². The Balaban J connectivity index is 2.90. The summed E-state index contributed by atoms with van der Waals surface area (Å²) in [5, 5.41) is 3.60. The number of amides is 2. The molecule has 0 saturated heterocycles. The van der Waals surface area contributed by atoms with Crippen molar-refractivity contribution >= 4 is 29.2 Å². The Morgan fingerprint density at radius 1 is 1.50 bits per heavy atom. The zero-order chi connectivity index (χ0) is 10.7. The molecule has 1 aromatic carbocycles. The van der Waals surface area contributed by atoms with Crippen molar-refractivity contribution in [3.8, 4) is 0 Å². The maximum Gasteiger partial charge on any atom is 0.312 e. The zero-order valence-electron chi connectivity index (χ0n) is 7.55. The van der Waals surface area contributed by atoms with Crippen LogP contribution in [0.25, 0.3) is 0 Å². The van der Waals surface area contributed by atoms with Crippen molar-refractivity contribution in [3.05, 3.63) is 33.8 Å². The first kappa shape index (κ1) is 11.1. The van der Waals surface area contributed by atoms with Crippen LogP contribution in [-0.2, 0) is 0 Å². The number of nitrogens with one attached hydrogen (secondary N) is 1. The summed E-state index contributed by atoms with van der Waals surface area (Å²) in [6.45, 7) is 1.79. The highest BCUT2D eigenvalue weighted by Gasteiger charge is 2.10. The van der Waals surface area contributed by atoms with Gasteiger partial charge in [0.15, 0.2) is 0 Å². The molecule has 0 heterocycles. The molecule has 76 valence electrons. The van der Waals surface area contributed by atoms with Gasteiger partial charge in [0.05, 0.1) is 6.04 Å². The van der Waals surface area contributed by atoms with Gasteiger partial charge in [-0.25, -0.2) is 4.79 Å². The molecule has 0 aromatic heterocycles. The number of carbonyl (C=O) groups excluding carboxylic acids is 1. The fourth-order valence-corrected chi connectivity index (χ4v) is 1.72. The third-order valence-electron chi connectivity index (χ3n) is 1.79. The maximum absolute atomic E-state index is 10.6. The number of benzene rings is 1. The number of primary amides is 1.